The summed E-state index contributed by atoms with van der Waals surface area (Å²) in [4.78, 5) is 10.7. The molecule has 0 amide bonds. The van der Waals surface area contributed by atoms with Crippen molar-refractivity contribution in [3.8, 4) is 0 Å². The molecule has 0 aliphatic heterocycles. The SMILES string of the molecule is CN=S(=O)(NC1CCCCC1)c1ccc([N+](=O)[O-])cc1. The molecule has 1 atom stereocenters. The second-order valence-corrected chi connectivity index (χ2v) is 7.04. The summed E-state index contributed by atoms with van der Waals surface area (Å²) in [6.45, 7) is 0. The third-order valence-corrected chi connectivity index (χ3v) is 5.63. The highest BCUT2D eigenvalue weighted by Gasteiger charge is 2.20. The molecule has 1 fully saturated rings. The van der Waals surface area contributed by atoms with Gasteiger partial charge in [0.05, 0.1) is 9.82 Å². The van der Waals surface area contributed by atoms with Crippen LogP contribution in [0.15, 0.2) is 33.5 Å². The maximum atomic E-state index is 12.9. The third kappa shape index (κ3) is 3.34. The Morgan fingerprint density at radius 3 is 2.35 bits per heavy atom. The maximum absolute atomic E-state index is 12.9. The lowest BCUT2D eigenvalue weighted by molar-refractivity contribution is -0.384. The van der Waals surface area contributed by atoms with Crippen LogP contribution in [0.4, 0.5) is 5.69 Å². The number of non-ortho nitro benzene ring substituents is 1. The minimum Gasteiger partial charge on any atom is -0.258 e. The van der Waals surface area contributed by atoms with E-state index < -0.39 is 14.8 Å². The highest BCUT2D eigenvalue weighted by atomic mass is 32.2. The fraction of sp³-hybridized carbons (Fsp3) is 0.538. The number of nitrogens with one attached hydrogen (secondary N) is 1. The van der Waals surface area contributed by atoms with Gasteiger partial charge >= 0.3 is 0 Å². The summed E-state index contributed by atoms with van der Waals surface area (Å²) in [6.07, 6.45) is 5.49. The first-order valence-corrected chi connectivity index (χ1v) is 8.23. The van der Waals surface area contributed by atoms with Crippen LogP contribution in [0.2, 0.25) is 0 Å². The number of hydrogen-bond donors (Lipinski definition) is 1. The van der Waals surface area contributed by atoms with E-state index in [0.717, 1.165) is 25.7 Å². The maximum Gasteiger partial charge on any atom is 0.269 e. The van der Waals surface area contributed by atoms with E-state index in [1.54, 1.807) is 0 Å². The van der Waals surface area contributed by atoms with Crippen molar-refractivity contribution in [2.75, 3.05) is 7.05 Å². The first-order valence-electron chi connectivity index (χ1n) is 6.72. The fourth-order valence-electron chi connectivity index (χ4n) is 2.42. The Morgan fingerprint density at radius 2 is 1.85 bits per heavy atom. The van der Waals surface area contributed by atoms with Gasteiger partial charge in [0.1, 0.15) is 9.92 Å². The Hall–Kier alpha value is -1.47. The van der Waals surface area contributed by atoms with Crippen molar-refractivity contribution < 1.29 is 9.13 Å². The van der Waals surface area contributed by atoms with E-state index >= 15 is 0 Å². The van der Waals surface area contributed by atoms with Crippen molar-refractivity contribution in [3.63, 3.8) is 0 Å². The molecule has 1 aromatic rings. The zero-order valence-corrected chi connectivity index (χ0v) is 12.3. The van der Waals surface area contributed by atoms with Crippen LogP contribution in [0.5, 0.6) is 0 Å². The van der Waals surface area contributed by atoms with Gasteiger partial charge in [-0.05, 0) is 25.0 Å². The fourth-order valence-corrected chi connectivity index (χ4v) is 4.07. The van der Waals surface area contributed by atoms with Crippen LogP contribution in [0.3, 0.4) is 0 Å². The van der Waals surface area contributed by atoms with Gasteiger partial charge in [-0.2, -0.15) is 0 Å². The summed E-state index contributed by atoms with van der Waals surface area (Å²) in [7, 11) is -1.18. The van der Waals surface area contributed by atoms with E-state index in [2.05, 4.69) is 9.08 Å². The Kier molecular flexibility index (Phi) is 4.72. The van der Waals surface area contributed by atoms with Gasteiger partial charge in [0, 0.05) is 25.2 Å². The molecule has 6 nitrogen and oxygen atoms in total. The zero-order chi connectivity index (χ0) is 14.6. The normalized spacial score (nSPS) is 19.2. The summed E-state index contributed by atoms with van der Waals surface area (Å²) < 4.78 is 20.0. The van der Waals surface area contributed by atoms with E-state index in [1.165, 1.54) is 37.7 Å². The molecule has 1 N–H and O–H groups in total. The van der Waals surface area contributed by atoms with Gasteiger partial charge < -0.3 is 0 Å². The topological polar surface area (TPSA) is 84.6 Å². The average Bonchev–Trinajstić information content (AvgIpc) is 2.48. The zero-order valence-electron chi connectivity index (χ0n) is 11.4. The van der Waals surface area contributed by atoms with Gasteiger partial charge in [0.2, 0.25) is 0 Å². The molecule has 20 heavy (non-hydrogen) atoms. The van der Waals surface area contributed by atoms with Crippen LogP contribution in [-0.4, -0.2) is 22.2 Å². The lowest BCUT2D eigenvalue weighted by Gasteiger charge is -2.24. The van der Waals surface area contributed by atoms with Gasteiger partial charge in [-0.1, -0.05) is 19.3 Å². The second-order valence-electron chi connectivity index (χ2n) is 4.91. The van der Waals surface area contributed by atoms with Crippen LogP contribution >= 0.6 is 0 Å². The Bertz CT molecular complexity index is 585. The number of nitro benzene ring substituents is 1. The van der Waals surface area contributed by atoms with Crippen molar-refractivity contribution in [3.05, 3.63) is 34.4 Å². The molecule has 2 rings (SSSR count). The molecule has 0 radical (unpaired) electrons. The summed E-state index contributed by atoms with van der Waals surface area (Å²) in [5.41, 5.74) is -0.00994. The molecular weight excluding hydrogens is 278 g/mol. The molecule has 0 saturated heterocycles. The van der Waals surface area contributed by atoms with E-state index in [9.17, 15) is 14.3 Å². The number of nitrogens with zero attached hydrogens (tertiary/aromatic N) is 2. The summed E-state index contributed by atoms with van der Waals surface area (Å²) in [5, 5.41) is 10.6. The number of hydrogen-bond acceptors (Lipinski definition) is 4. The lowest BCUT2D eigenvalue weighted by Crippen LogP contribution is -2.36. The van der Waals surface area contributed by atoms with E-state index in [1.807, 2.05) is 0 Å². The number of rotatable bonds is 4. The highest BCUT2D eigenvalue weighted by Crippen LogP contribution is 2.22. The first kappa shape index (κ1) is 14.9. The van der Waals surface area contributed by atoms with Gasteiger partial charge in [0.25, 0.3) is 5.69 Å². The molecule has 1 aliphatic rings. The number of benzene rings is 1. The van der Waals surface area contributed by atoms with E-state index in [-0.39, 0.29) is 11.7 Å². The third-order valence-electron chi connectivity index (χ3n) is 3.56. The minimum absolute atomic E-state index is 0.00994. The Balaban J connectivity index is 2.21. The summed E-state index contributed by atoms with van der Waals surface area (Å²) in [6, 6.07) is 5.97. The van der Waals surface area contributed by atoms with Crippen LogP contribution in [0.1, 0.15) is 32.1 Å². The first-order chi connectivity index (χ1) is 9.55. The minimum atomic E-state index is -2.70. The van der Waals surface area contributed by atoms with Gasteiger partial charge in [-0.25, -0.2) is 13.3 Å². The molecule has 1 aliphatic carbocycles. The molecular formula is C13H19N3O3S. The van der Waals surface area contributed by atoms with Crippen molar-refractivity contribution in [1.29, 1.82) is 0 Å². The van der Waals surface area contributed by atoms with Crippen molar-refractivity contribution in [2.24, 2.45) is 4.36 Å². The quantitative estimate of drug-likeness (QED) is 0.685. The Labute approximate surface area is 119 Å². The largest absolute Gasteiger partial charge is 0.269 e. The predicted octanol–water partition coefficient (Wildman–Crippen LogP) is 2.89. The van der Waals surface area contributed by atoms with Crippen molar-refractivity contribution >= 4 is 15.6 Å². The molecule has 0 aromatic heterocycles. The molecule has 1 aromatic carbocycles. The van der Waals surface area contributed by atoms with Crippen LogP contribution in [0.25, 0.3) is 0 Å². The average molecular weight is 297 g/mol. The standard InChI is InChI=1S/C13H19N3O3S/c1-14-20(19,15-11-5-3-2-4-6-11)13-9-7-12(8-10-13)16(17)18/h7-11H,2-6H2,1H3,(H,14,15,19). The molecule has 7 heteroatoms. The molecule has 1 unspecified atom stereocenters. The van der Waals surface area contributed by atoms with Gasteiger partial charge in [-0.15, -0.1) is 0 Å². The Morgan fingerprint density at radius 1 is 1.25 bits per heavy atom. The highest BCUT2D eigenvalue weighted by molar-refractivity contribution is 7.91. The predicted molar refractivity (Wildman–Crippen MR) is 77.9 cm³/mol. The molecule has 0 spiro atoms. The van der Waals surface area contributed by atoms with Crippen LogP contribution in [-0.2, 0) is 9.92 Å². The van der Waals surface area contributed by atoms with Gasteiger partial charge in [0.15, 0.2) is 0 Å². The van der Waals surface area contributed by atoms with Crippen molar-refractivity contribution in [1.82, 2.24) is 4.72 Å². The molecule has 0 heterocycles. The lowest BCUT2D eigenvalue weighted by atomic mass is 9.96. The van der Waals surface area contributed by atoms with E-state index in [0.29, 0.717) is 4.90 Å². The summed E-state index contributed by atoms with van der Waals surface area (Å²) in [5.74, 6) is 0. The molecule has 0 bridgehead atoms. The van der Waals surface area contributed by atoms with E-state index in [4.69, 9.17) is 0 Å². The molecule has 1 saturated carbocycles. The van der Waals surface area contributed by atoms with Crippen LogP contribution in [0, 0.1) is 10.1 Å². The second kappa shape index (κ2) is 6.32. The monoisotopic (exact) mass is 297 g/mol. The number of nitro groups is 1. The van der Waals surface area contributed by atoms with Gasteiger partial charge in [-0.3, -0.25) is 10.1 Å². The smallest absolute Gasteiger partial charge is 0.258 e. The van der Waals surface area contributed by atoms with Crippen molar-refractivity contribution in [2.45, 2.75) is 43.0 Å². The summed E-state index contributed by atoms with van der Waals surface area (Å²) >= 11 is 0. The molecule has 110 valence electrons. The van der Waals surface area contributed by atoms with Crippen LogP contribution < -0.4 is 4.72 Å².